The van der Waals surface area contributed by atoms with E-state index in [0.717, 1.165) is 19.4 Å². The van der Waals surface area contributed by atoms with Crippen molar-refractivity contribution in [1.29, 1.82) is 0 Å². The monoisotopic (exact) mass is 1010 g/mol. The summed E-state index contributed by atoms with van der Waals surface area (Å²) in [5, 5.41) is 14.9. The molecule has 8 rings (SSSR count). The van der Waals surface area contributed by atoms with Gasteiger partial charge in [-0.15, -0.1) is 0 Å². The number of fused-ring (bicyclic) bond motifs is 4. The average Bonchev–Trinajstić information content (AvgIpc) is 3.62. The lowest BCUT2D eigenvalue weighted by atomic mass is 9.95. The maximum atomic E-state index is 14.9. The number of aromatic nitrogens is 2. The molecule has 1 unspecified atom stereocenters. The first-order valence-electron chi connectivity index (χ1n) is 23.8. The van der Waals surface area contributed by atoms with Crippen LogP contribution in [0.1, 0.15) is 81.5 Å². The average molecular weight is 1010 g/mol. The number of carbonyl (C=O) groups excluding carboxylic acids is 5. The van der Waals surface area contributed by atoms with Crippen LogP contribution in [-0.4, -0.2) is 115 Å². The molecule has 3 aliphatic rings. The Morgan fingerprint density at radius 2 is 1.54 bits per heavy atom. The van der Waals surface area contributed by atoms with Gasteiger partial charge in [-0.3, -0.25) is 34.3 Å². The topological polar surface area (TPSA) is 215 Å². The fraction of sp³-hybridized carbons (Fsp3) is 0.346. The number of nitrogens with zero attached hydrogens (tertiary/aromatic N) is 4. The van der Waals surface area contributed by atoms with Crippen LogP contribution in [0.15, 0.2) is 90.1 Å². The predicted molar refractivity (Wildman–Crippen MR) is 265 cm³/mol. The molecule has 0 bridgehead atoms. The van der Waals surface area contributed by atoms with Crippen LogP contribution in [0, 0.1) is 11.6 Å². The molecule has 1 atom stereocenters. The zero-order valence-corrected chi connectivity index (χ0v) is 40.1. The van der Waals surface area contributed by atoms with Crippen LogP contribution in [0.3, 0.4) is 0 Å². The standard InChI is InChI=1S/C52H54ClF2N9O8/c53-34-13-16-36-38(28-34)48(46-40(54)7-5-8-41(46)55)58-29-33-30-59-52(63-47(33)36)60-35-14-11-32(12-15-35)49(67)57-21-23-71-25-27-72-26-24-70-22-20-56-19-3-1-2-10-44(65)61-42-9-4-6-37-39(42)31-64(51(37)69)43-17-18-45(66)62-50(43)68/h4-9,11-16,28,30,43,56H,1-3,10,17-27,29,31H2,(H,57,67)(H,61,65)(H,59,60,63)(H,62,66,68). The van der Waals surface area contributed by atoms with E-state index in [0.29, 0.717) is 121 Å². The highest BCUT2D eigenvalue weighted by Gasteiger charge is 2.40. The highest BCUT2D eigenvalue weighted by Crippen LogP contribution is 2.36. The third-order valence-electron chi connectivity index (χ3n) is 12.2. The molecular weight excluding hydrogens is 952 g/mol. The number of hydrogen-bond donors (Lipinski definition) is 5. The number of aliphatic imine (C=N–C) groups is 1. The van der Waals surface area contributed by atoms with Gasteiger partial charge in [0.05, 0.1) is 63.2 Å². The summed E-state index contributed by atoms with van der Waals surface area (Å²) in [7, 11) is 0. The molecule has 17 nitrogen and oxygen atoms in total. The number of carbonyl (C=O) groups is 5. The third kappa shape index (κ3) is 13.1. The summed E-state index contributed by atoms with van der Waals surface area (Å²) >= 11 is 6.34. The Balaban J connectivity index is 0.634. The summed E-state index contributed by atoms with van der Waals surface area (Å²) in [6.45, 7) is 4.53. The molecule has 0 radical (unpaired) electrons. The molecule has 5 N–H and O–H groups in total. The summed E-state index contributed by atoms with van der Waals surface area (Å²) in [6, 6.07) is 20.0. The SMILES string of the molecule is O=C1CCC(N2Cc3c(NC(=O)CCCCCNCCOCCOCCOCCNC(=O)c4ccc(Nc5ncc6c(n5)-c5ccc(Cl)cc5C(c5c(F)cccc5F)=NC6)cc4)cccc3C2=O)C(=O)N1. The second-order valence-electron chi connectivity index (χ2n) is 17.2. The van der Waals surface area contributed by atoms with Crippen LogP contribution in [0.2, 0.25) is 5.02 Å². The first kappa shape index (κ1) is 51.3. The Kier molecular flexibility index (Phi) is 17.7. The van der Waals surface area contributed by atoms with Crippen molar-refractivity contribution in [2.45, 2.75) is 57.7 Å². The van der Waals surface area contributed by atoms with E-state index in [1.807, 2.05) is 0 Å². The van der Waals surface area contributed by atoms with Crippen molar-refractivity contribution in [3.63, 3.8) is 0 Å². The molecule has 1 saturated heterocycles. The summed E-state index contributed by atoms with van der Waals surface area (Å²) in [5.74, 6) is -2.70. The molecule has 0 spiro atoms. The van der Waals surface area contributed by atoms with Gasteiger partial charge in [-0.05, 0) is 86.5 Å². The Bertz CT molecular complexity index is 2810. The molecule has 1 aromatic heterocycles. The number of hydrogen-bond acceptors (Lipinski definition) is 13. The van der Waals surface area contributed by atoms with E-state index in [-0.39, 0.29) is 66.8 Å². The quantitative estimate of drug-likeness (QED) is 0.0331. The van der Waals surface area contributed by atoms with Gasteiger partial charge in [0, 0.05) is 88.5 Å². The zero-order chi connectivity index (χ0) is 50.4. The molecule has 376 valence electrons. The van der Waals surface area contributed by atoms with Gasteiger partial charge in [0.2, 0.25) is 23.7 Å². The molecular formula is C52H54ClF2N9O8. The summed E-state index contributed by atoms with van der Waals surface area (Å²) < 4.78 is 46.6. The fourth-order valence-corrected chi connectivity index (χ4v) is 8.71. The molecule has 1 fully saturated rings. The van der Waals surface area contributed by atoms with Gasteiger partial charge < -0.3 is 40.4 Å². The van der Waals surface area contributed by atoms with E-state index in [1.165, 1.54) is 23.1 Å². The minimum atomic E-state index is -0.738. The van der Waals surface area contributed by atoms with Gasteiger partial charge in [-0.1, -0.05) is 36.2 Å². The number of imide groups is 1. The Morgan fingerprint density at radius 3 is 2.31 bits per heavy atom. The normalized spacial score (nSPS) is 15.0. The number of benzene rings is 4. The number of amides is 5. The van der Waals surface area contributed by atoms with Crippen molar-refractivity contribution in [2.75, 3.05) is 69.9 Å². The maximum Gasteiger partial charge on any atom is 0.255 e. The van der Waals surface area contributed by atoms with E-state index < -0.39 is 23.6 Å². The number of unbranched alkanes of at least 4 members (excludes halogenated alkanes) is 2. The van der Waals surface area contributed by atoms with Gasteiger partial charge in [0.15, 0.2) is 0 Å². The molecule has 4 heterocycles. The predicted octanol–water partition coefficient (Wildman–Crippen LogP) is 6.50. The smallest absolute Gasteiger partial charge is 0.255 e. The van der Waals surface area contributed by atoms with Crippen molar-refractivity contribution >= 4 is 64.2 Å². The van der Waals surface area contributed by atoms with Crippen LogP contribution in [0.5, 0.6) is 0 Å². The molecule has 0 aliphatic carbocycles. The number of nitrogens with one attached hydrogen (secondary N) is 5. The van der Waals surface area contributed by atoms with Crippen LogP contribution in [-0.2, 0) is 41.7 Å². The Morgan fingerprint density at radius 1 is 0.806 bits per heavy atom. The van der Waals surface area contributed by atoms with E-state index in [4.69, 9.17) is 30.8 Å². The second kappa shape index (κ2) is 24.9. The van der Waals surface area contributed by atoms with Gasteiger partial charge in [-0.25, -0.2) is 18.7 Å². The molecule has 0 saturated carbocycles. The lowest BCUT2D eigenvalue weighted by molar-refractivity contribution is -0.137. The number of rotatable bonds is 24. The lowest BCUT2D eigenvalue weighted by Gasteiger charge is -2.29. The number of ether oxygens (including phenoxy) is 3. The van der Waals surface area contributed by atoms with E-state index in [1.54, 1.807) is 66.9 Å². The first-order chi connectivity index (χ1) is 35.0. The number of halogens is 3. The Hall–Kier alpha value is -7.03. The highest BCUT2D eigenvalue weighted by atomic mass is 35.5. The van der Waals surface area contributed by atoms with Gasteiger partial charge in [-0.2, -0.15) is 0 Å². The van der Waals surface area contributed by atoms with Crippen molar-refractivity contribution in [3.05, 3.63) is 135 Å². The highest BCUT2D eigenvalue weighted by molar-refractivity contribution is 6.31. The zero-order valence-electron chi connectivity index (χ0n) is 39.4. The molecule has 72 heavy (non-hydrogen) atoms. The molecule has 20 heteroatoms. The lowest BCUT2D eigenvalue weighted by Crippen LogP contribution is -2.52. The van der Waals surface area contributed by atoms with E-state index >= 15 is 0 Å². The third-order valence-corrected chi connectivity index (χ3v) is 12.4. The van der Waals surface area contributed by atoms with Crippen LogP contribution >= 0.6 is 11.6 Å². The van der Waals surface area contributed by atoms with Crippen molar-refractivity contribution in [1.82, 2.24) is 30.8 Å². The number of piperidine rings is 1. The van der Waals surface area contributed by atoms with Crippen LogP contribution < -0.4 is 26.6 Å². The van der Waals surface area contributed by atoms with Crippen molar-refractivity contribution in [2.24, 2.45) is 4.99 Å². The summed E-state index contributed by atoms with van der Waals surface area (Å²) in [5.41, 5.74) is 4.91. The van der Waals surface area contributed by atoms with E-state index in [9.17, 15) is 32.8 Å². The van der Waals surface area contributed by atoms with Crippen LogP contribution in [0.4, 0.5) is 26.1 Å². The molecule has 4 aromatic carbocycles. The molecule has 3 aliphatic heterocycles. The number of anilines is 3. The minimum Gasteiger partial charge on any atom is -0.378 e. The van der Waals surface area contributed by atoms with Gasteiger partial charge >= 0.3 is 0 Å². The van der Waals surface area contributed by atoms with Gasteiger partial charge in [0.25, 0.3) is 11.8 Å². The molecule has 5 aromatic rings. The summed E-state index contributed by atoms with van der Waals surface area (Å²) in [6.07, 6.45) is 4.88. The van der Waals surface area contributed by atoms with Crippen molar-refractivity contribution < 1.29 is 47.0 Å². The first-order valence-corrected chi connectivity index (χ1v) is 24.2. The van der Waals surface area contributed by atoms with E-state index in [2.05, 4.69) is 36.6 Å². The molecule has 5 amide bonds. The fourth-order valence-electron chi connectivity index (χ4n) is 8.53. The van der Waals surface area contributed by atoms with Crippen molar-refractivity contribution in [3.8, 4) is 11.3 Å². The minimum absolute atomic E-state index is 0.0909. The van der Waals surface area contributed by atoms with Gasteiger partial charge in [0.1, 0.15) is 17.7 Å². The Labute approximate surface area is 419 Å². The maximum absolute atomic E-state index is 14.9. The largest absolute Gasteiger partial charge is 0.378 e. The second-order valence-corrected chi connectivity index (χ2v) is 17.6. The summed E-state index contributed by atoms with van der Waals surface area (Å²) in [4.78, 5) is 77.8. The van der Waals surface area contributed by atoms with Crippen LogP contribution in [0.25, 0.3) is 11.3 Å².